The first kappa shape index (κ1) is 71.7. The fraction of sp³-hybridized carbons (Fsp3) is 0.652. The Labute approximate surface area is 478 Å². The molecule has 0 unspecified atom stereocenters. The van der Waals surface area contributed by atoms with E-state index in [1.807, 2.05) is 57.2 Å². The summed E-state index contributed by atoms with van der Waals surface area (Å²) in [4.78, 5) is 45.7. The lowest BCUT2D eigenvalue weighted by atomic mass is 10.0. The molecule has 0 saturated heterocycles. The number of pyridine rings is 4. The number of aryl methyl sites for hydroxylation is 7. The van der Waals surface area contributed by atoms with Gasteiger partial charge in [-0.2, -0.15) is 4.73 Å². The molecule has 0 spiro atoms. The van der Waals surface area contributed by atoms with Gasteiger partial charge in [-0.1, -0.05) is 156 Å². The van der Waals surface area contributed by atoms with E-state index >= 15 is 0 Å². The van der Waals surface area contributed by atoms with E-state index < -0.39 is 0 Å². The molecule has 4 heterocycles. The van der Waals surface area contributed by atoms with E-state index in [0.717, 1.165) is 65.2 Å². The summed E-state index contributed by atoms with van der Waals surface area (Å²) in [5.74, 6) is -0.926. The predicted molar refractivity (Wildman–Crippen MR) is 319 cm³/mol. The van der Waals surface area contributed by atoms with Crippen molar-refractivity contribution in [1.82, 2.24) is 15.0 Å². The third kappa shape index (κ3) is 38.1. The second kappa shape index (κ2) is 46.5. The molecule has 0 fully saturated rings. The third-order valence-electron chi connectivity index (χ3n) is 13.3. The highest BCUT2D eigenvalue weighted by molar-refractivity contribution is 5.66. The minimum absolute atomic E-state index is 0.0582. The molecule has 13 nitrogen and oxygen atoms in total. The Morgan fingerprint density at radius 1 is 0.392 bits per heavy atom. The summed E-state index contributed by atoms with van der Waals surface area (Å²) in [6.07, 6.45) is 35.0. The number of hydrogen-bond donors (Lipinski definition) is 2. The van der Waals surface area contributed by atoms with Crippen LogP contribution in [0, 0.1) is 26.0 Å². The van der Waals surface area contributed by atoms with Gasteiger partial charge < -0.3 is 29.6 Å². The second-order valence-corrected chi connectivity index (χ2v) is 21.2. The Morgan fingerprint density at radius 2 is 0.646 bits per heavy atom. The molecule has 0 radical (unpaired) electrons. The maximum absolute atomic E-state index is 11.5. The van der Waals surface area contributed by atoms with Crippen LogP contribution in [0.3, 0.4) is 0 Å². The average Bonchev–Trinajstić information content (AvgIpc) is 3.42. The molecule has 0 saturated carbocycles. The van der Waals surface area contributed by atoms with E-state index in [0.29, 0.717) is 22.8 Å². The van der Waals surface area contributed by atoms with Crippen molar-refractivity contribution in [2.24, 2.45) is 0 Å². The molecule has 444 valence electrons. The second-order valence-electron chi connectivity index (χ2n) is 21.2. The number of rotatable bonds is 36. The number of unbranched alkanes of at least 4 members (excludes halogenated alkanes) is 20. The number of aliphatic hydroxyl groups is 2. The standard InChI is InChI=1S/C19H29NO4.C17H27NO2.C15H25NO2.C15H25NO/c1-4-5-6-7-8-9-10-17-11-18(13-23-15(2)21)20-19(12-17)14-24-16(3)22;1-4-5-6-7-8-9-10-16-11-14(2)18-17(12-16)13-20-15(3)19;1-2-3-4-5-6-7-8-13-9-14(11-17)16-15(10-13)12-18;1-4-5-6-7-8-9-10-15-11-13(2)16(17)14(3)12-15/h11-12H,4-10,13-14H2,1-3H3;11-12H,4-10,13H2,1-3H3;9-10,17-18H,2-8,11-12H2,1H3;11-12H,4-10H2,1-3H3. The maximum atomic E-state index is 11.5. The highest BCUT2D eigenvalue weighted by Gasteiger charge is 2.09. The van der Waals surface area contributed by atoms with Crippen LogP contribution < -0.4 is 4.73 Å². The number of aromatic nitrogens is 4. The summed E-state index contributed by atoms with van der Waals surface area (Å²) >= 11 is 0. The zero-order chi connectivity index (χ0) is 58.5. The summed E-state index contributed by atoms with van der Waals surface area (Å²) in [6.45, 7) is 19.3. The Kier molecular flexibility index (Phi) is 42.2. The van der Waals surface area contributed by atoms with Crippen LogP contribution in [0.4, 0.5) is 0 Å². The molecular weight excluding hydrogens is 993 g/mol. The van der Waals surface area contributed by atoms with Crippen molar-refractivity contribution >= 4 is 17.9 Å². The lowest BCUT2D eigenvalue weighted by molar-refractivity contribution is -0.619. The molecule has 0 bridgehead atoms. The number of hydrogen-bond acceptors (Lipinski definition) is 12. The number of carbonyl (C=O) groups excluding carboxylic acids is 3. The van der Waals surface area contributed by atoms with Crippen molar-refractivity contribution < 1.29 is 43.5 Å². The van der Waals surface area contributed by atoms with Crippen LogP contribution in [-0.4, -0.2) is 43.1 Å². The molecule has 0 aliphatic carbocycles. The van der Waals surface area contributed by atoms with Gasteiger partial charge in [0, 0.05) is 52.4 Å². The fourth-order valence-electron chi connectivity index (χ4n) is 9.15. The first-order valence-electron chi connectivity index (χ1n) is 30.3. The van der Waals surface area contributed by atoms with E-state index in [4.69, 9.17) is 24.4 Å². The van der Waals surface area contributed by atoms with Crippen molar-refractivity contribution in [3.05, 3.63) is 122 Å². The van der Waals surface area contributed by atoms with Crippen molar-refractivity contribution in [2.45, 2.75) is 282 Å². The maximum Gasteiger partial charge on any atom is 0.303 e. The first-order chi connectivity index (χ1) is 38.1. The number of ether oxygens (including phenoxy) is 3. The van der Waals surface area contributed by atoms with Crippen LogP contribution in [0.15, 0.2) is 48.5 Å². The molecule has 0 aliphatic heterocycles. The number of carbonyl (C=O) groups is 3. The van der Waals surface area contributed by atoms with E-state index in [2.05, 4.69) is 54.8 Å². The number of nitrogens with zero attached hydrogens (tertiary/aromatic N) is 4. The van der Waals surface area contributed by atoms with Crippen LogP contribution in [0.25, 0.3) is 0 Å². The minimum Gasteiger partial charge on any atom is -0.618 e. The van der Waals surface area contributed by atoms with Gasteiger partial charge >= 0.3 is 17.9 Å². The van der Waals surface area contributed by atoms with Crippen molar-refractivity contribution in [3.8, 4) is 0 Å². The quantitative estimate of drug-likeness (QED) is 0.0145. The minimum atomic E-state index is -0.334. The SMILES string of the molecule is CCCCCCCCc1cc(C)[n+]([O-])c(C)c1.CCCCCCCCc1cc(C)nc(COC(C)=O)c1.CCCCCCCCc1cc(CO)nc(CO)c1.CCCCCCCCc1cc(COC(C)=O)nc(COC(C)=O)c1. The van der Waals surface area contributed by atoms with E-state index in [1.165, 1.54) is 185 Å². The summed E-state index contributed by atoms with van der Waals surface area (Å²) in [7, 11) is 0. The molecule has 0 aliphatic rings. The van der Waals surface area contributed by atoms with E-state index in [-0.39, 0.29) is 50.9 Å². The average molecular weight is 1100 g/mol. The Morgan fingerprint density at radius 3 is 0.949 bits per heavy atom. The van der Waals surface area contributed by atoms with Gasteiger partial charge in [0.25, 0.3) is 0 Å². The van der Waals surface area contributed by atoms with Gasteiger partial charge in [0.1, 0.15) is 19.8 Å². The molecule has 4 aromatic rings. The van der Waals surface area contributed by atoms with E-state index in [9.17, 15) is 19.6 Å². The van der Waals surface area contributed by atoms with Crippen molar-refractivity contribution in [1.29, 1.82) is 0 Å². The molecule has 4 rings (SSSR count). The Balaban J connectivity index is 0.000000531. The molecule has 79 heavy (non-hydrogen) atoms. The number of aliphatic hydroxyl groups excluding tert-OH is 2. The molecule has 2 N–H and O–H groups in total. The fourth-order valence-corrected chi connectivity index (χ4v) is 9.15. The molecule has 0 aromatic carbocycles. The lowest BCUT2D eigenvalue weighted by Gasteiger charge is -2.09. The van der Waals surface area contributed by atoms with Crippen LogP contribution in [-0.2, 0) is 87.3 Å². The zero-order valence-electron chi connectivity index (χ0n) is 51.0. The highest BCUT2D eigenvalue weighted by Crippen LogP contribution is 2.17. The van der Waals surface area contributed by atoms with E-state index in [1.54, 1.807) is 0 Å². The topological polar surface area (TPSA) is 185 Å². The lowest BCUT2D eigenvalue weighted by Crippen LogP contribution is -2.33. The van der Waals surface area contributed by atoms with Gasteiger partial charge in [0.2, 0.25) is 0 Å². The smallest absolute Gasteiger partial charge is 0.303 e. The van der Waals surface area contributed by atoms with Gasteiger partial charge in [0.15, 0.2) is 11.4 Å². The molecule has 0 atom stereocenters. The van der Waals surface area contributed by atoms with Gasteiger partial charge in [-0.05, 0) is 117 Å². The van der Waals surface area contributed by atoms with Crippen molar-refractivity contribution in [2.75, 3.05) is 0 Å². The summed E-state index contributed by atoms with van der Waals surface area (Å²) < 4.78 is 16.1. The Bertz CT molecular complexity index is 2170. The van der Waals surface area contributed by atoms with Crippen LogP contribution in [0.2, 0.25) is 0 Å². The first-order valence-corrected chi connectivity index (χ1v) is 30.3. The predicted octanol–water partition coefficient (Wildman–Crippen LogP) is 15.3. The molecule has 13 heteroatoms. The van der Waals surface area contributed by atoms with Crippen LogP contribution >= 0.6 is 0 Å². The Hall–Kier alpha value is -5.27. The molecular formula is C66H106N4O9. The summed E-state index contributed by atoms with van der Waals surface area (Å²) in [5, 5.41) is 29.7. The van der Waals surface area contributed by atoms with Gasteiger partial charge in [-0.3, -0.25) is 29.3 Å². The van der Waals surface area contributed by atoms with Gasteiger partial charge in [0.05, 0.1) is 41.7 Å². The zero-order valence-corrected chi connectivity index (χ0v) is 51.0. The number of esters is 3. The monoisotopic (exact) mass is 1100 g/mol. The summed E-state index contributed by atoms with van der Waals surface area (Å²) in [5.41, 5.74) is 11.1. The summed E-state index contributed by atoms with van der Waals surface area (Å²) in [6, 6.07) is 16.0. The normalized spacial score (nSPS) is 10.6. The van der Waals surface area contributed by atoms with Crippen LogP contribution in [0.1, 0.15) is 270 Å². The largest absolute Gasteiger partial charge is 0.618 e. The van der Waals surface area contributed by atoms with Crippen molar-refractivity contribution in [3.63, 3.8) is 0 Å². The molecule has 4 aromatic heterocycles. The highest BCUT2D eigenvalue weighted by atomic mass is 16.5. The third-order valence-corrected chi connectivity index (χ3v) is 13.3. The van der Waals surface area contributed by atoms with Gasteiger partial charge in [-0.25, -0.2) is 0 Å². The van der Waals surface area contributed by atoms with Crippen LogP contribution in [0.5, 0.6) is 0 Å². The van der Waals surface area contributed by atoms with Gasteiger partial charge in [-0.15, -0.1) is 0 Å². The molecule has 0 amide bonds.